The highest BCUT2D eigenvalue weighted by molar-refractivity contribution is 5.80. The van der Waals surface area contributed by atoms with Gasteiger partial charge in [-0.3, -0.25) is 4.98 Å². The number of nitrogens with zero attached hydrogens (tertiary/aromatic N) is 3. The van der Waals surface area contributed by atoms with Gasteiger partial charge in [0.2, 0.25) is 0 Å². The fourth-order valence-corrected chi connectivity index (χ4v) is 3.03. The molecule has 4 heterocycles. The molecule has 2 aromatic rings. The Labute approximate surface area is 171 Å². The van der Waals surface area contributed by atoms with E-state index in [4.69, 9.17) is 0 Å². The summed E-state index contributed by atoms with van der Waals surface area (Å²) in [6, 6.07) is 6.42. The van der Waals surface area contributed by atoms with Crippen molar-refractivity contribution in [1.29, 1.82) is 0 Å². The van der Waals surface area contributed by atoms with Crippen molar-refractivity contribution in [1.82, 2.24) is 25.1 Å². The number of aromatic amines is 2. The Morgan fingerprint density at radius 2 is 1.43 bits per heavy atom. The molecular formula is C23H17F2N5. The number of aromatic nitrogens is 5. The molecule has 0 radical (unpaired) electrons. The lowest BCUT2D eigenvalue weighted by Crippen LogP contribution is -1.78. The van der Waals surface area contributed by atoms with Crippen LogP contribution in [0.4, 0.5) is 8.78 Å². The van der Waals surface area contributed by atoms with E-state index in [1.165, 1.54) is 12.1 Å². The normalized spacial score (nSPS) is 11.7. The summed E-state index contributed by atoms with van der Waals surface area (Å²) < 4.78 is 26.8. The Balaban J connectivity index is 1.62. The van der Waals surface area contributed by atoms with Crippen LogP contribution in [-0.2, 0) is 0 Å². The highest BCUT2D eigenvalue weighted by Gasteiger charge is 2.11. The molecule has 5 nitrogen and oxygen atoms in total. The second-order valence-electron chi connectivity index (χ2n) is 6.45. The summed E-state index contributed by atoms with van der Waals surface area (Å²) in [6.07, 6.45) is 11.7. The molecule has 0 aromatic carbocycles. The zero-order chi connectivity index (χ0) is 21.1. The zero-order valence-corrected chi connectivity index (χ0v) is 15.9. The van der Waals surface area contributed by atoms with E-state index in [-0.39, 0.29) is 0 Å². The second kappa shape index (κ2) is 8.08. The molecule has 0 unspecified atom stereocenters. The first kappa shape index (κ1) is 19.2. The van der Waals surface area contributed by atoms with Gasteiger partial charge in [0.05, 0.1) is 17.6 Å². The molecule has 2 N–H and O–H groups in total. The van der Waals surface area contributed by atoms with Gasteiger partial charge in [0.1, 0.15) is 5.69 Å². The van der Waals surface area contributed by atoms with Crippen LogP contribution in [0.15, 0.2) is 43.6 Å². The molecule has 0 saturated carbocycles. The van der Waals surface area contributed by atoms with Gasteiger partial charge in [-0.1, -0.05) is 25.3 Å². The maximum atomic E-state index is 13.4. The molecule has 2 aromatic heterocycles. The summed E-state index contributed by atoms with van der Waals surface area (Å²) >= 11 is 0. The zero-order valence-electron chi connectivity index (χ0n) is 15.9. The van der Waals surface area contributed by atoms with Gasteiger partial charge in [0.15, 0.2) is 11.9 Å². The van der Waals surface area contributed by atoms with Crippen LogP contribution in [0.25, 0.3) is 47.7 Å². The Kier molecular flexibility index (Phi) is 5.17. The van der Waals surface area contributed by atoms with Crippen LogP contribution in [0, 0.1) is 11.9 Å². The van der Waals surface area contributed by atoms with Crippen molar-refractivity contribution in [3.8, 4) is 11.3 Å². The Hall–Kier alpha value is -4.13. The van der Waals surface area contributed by atoms with Crippen molar-refractivity contribution in [3.63, 3.8) is 0 Å². The Morgan fingerprint density at radius 3 is 2.07 bits per heavy atom. The number of hydrogen-bond acceptors (Lipinski definition) is 3. The van der Waals surface area contributed by atoms with Gasteiger partial charge in [-0.2, -0.15) is 8.78 Å². The minimum absolute atomic E-state index is 0.428. The van der Waals surface area contributed by atoms with Crippen molar-refractivity contribution in [2.24, 2.45) is 0 Å². The third-order valence-corrected chi connectivity index (χ3v) is 4.54. The lowest BCUT2D eigenvalue weighted by molar-refractivity contribution is 0.590. The number of H-pyrrole nitrogens is 2. The van der Waals surface area contributed by atoms with Gasteiger partial charge < -0.3 is 9.97 Å². The highest BCUT2D eigenvalue weighted by atomic mass is 19.1. The standard InChI is InChI=1S/C23H17F2N5/c1-3-14-11-22(24)27-18(14)8-6-16-5-7-17-20(29-30-21(17)13-26-16)10-9-19-15(4-2)12-23(25)28-19/h3-13,27-28H,1-2H2/b8-6+,10-9+. The van der Waals surface area contributed by atoms with E-state index < -0.39 is 11.9 Å². The molecule has 30 heavy (non-hydrogen) atoms. The van der Waals surface area contributed by atoms with Gasteiger partial charge in [-0.25, -0.2) is 0 Å². The summed E-state index contributed by atoms with van der Waals surface area (Å²) in [5.41, 5.74) is 5.23. The van der Waals surface area contributed by atoms with Gasteiger partial charge in [0.25, 0.3) is 0 Å². The van der Waals surface area contributed by atoms with Gasteiger partial charge >= 0.3 is 0 Å². The van der Waals surface area contributed by atoms with Crippen LogP contribution in [0.5, 0.6) is 0 Å². The summed E-state index contributed by atoms with van der Waals surface area (Å²) in [5.74, 6) is -0.861. The maximum Gasteiger partial charge on any atom is 0.192 e. The number of fused-ring (bicyclic) bond motifs is 1. The van der Waals surface area contributed by atoms with Crippen molar-refractivity contribution < 1.29 is 8.78 Å². The van der Waals surface area contributed by atoms with E-state index >= 15 is 0 Å². The first-order valence-corrected chi connectivity index (χ1v) is 9.08. The van der Waals surface area contributed by atoms with E-state index in [2.05, 4.69) is 38.3 Å². The van der Waals surface area contributed by atoms with Crippen molar-refractivity contribution in [3.05, 3.63) is 89.4 Å². The monoisotopic (exact) mass is 401 g/mol. The van der Waals surface area contributed by atoms with Gasteiger partial charge in [-0.05, 0) is 36.4 Å². The third kappa shape index (κ3) is 3.86. The molecule has 7 heteroatoms. The molecular weight excluding hydrogens is 384 g/mol. The van der Waals surface area contributed by atoms with Crippen LogP contribution in [-0.4, -0.2) is 25.1 Å². The van der Waals surface area contributed by atoms with E-state index in [1.54, 1.807) is 42.7 Å². The highest BCUT2D eigenvalue weighted by Crippen LogP contribution is 2.24. The van der Waals surface area contributed by atoms with Crippen LogP contribution in [0.1, 0.15) is 33.9 Å². The number of rotatable bonds is 6. The van der Waals surface area contributed by atoms with E-state index in [1.807, 2.05) is 12.1 Å². The Morgan fingerprint density at radius 1 is 0.800 bits per heavy atom. The third-order valence-electron chi connectivity index (χ3n) is 4.54. The first-order valence-electron chi connectivity index (χ1n) is 9.08. The lowest BCUT2D eigenvalue weighted by Gasteiger charge is -1.92. The van der Waals surface area contributed by atoms with Crippen LogP contribution in [0.2, 0.25) is 0 Å². The molecule has 0 saturated heterocycles. The van der Waals surface area contributed by atoms with Crippen LogP contribution < -0.4 is 0 Å². The molecule has 148 valence electrons. The molecule has 0 atom stereocenters. The number of halogens is 2. The van der Waals surface area contributed by atoms with E-state index in [0.717, 1.165) is 5.56 Å². The quantitative estimate of drug-likeness (QED) is 0.446. The van der Waals surface area contributed by atoms with E-state index in [9.17, 15) is 8.78 Å². The molecule has 0 amide bonds. The van der Waals surface area contributed by atoms with Gasteiger partial charge in [-0.15, -0.1) is 10.2 Å². The topological polar surface area (TPSA) is 70.2 Å². The fourth-order valence-electron chi connectivity index (χ4n) is 3.03. The second-order valence-corrected chi connectivity index (χ2v) is 6.45. The summed E-state index contributed by atoms with van der Waals surface area (Å²) in [6.45, 7) is 7.35. The summed E-state index contributed by atoms with van der Waals surface area (Å²) in [5, 5.41) is 8.31. The predicted octanol–water partition coefficient (Wildman–Crippen LogP) is 5.54. The van der Waals surface area contributed by atoms with Crippen molar-refractivity contribution in [2.45, 2.75) is 0 Å². The molecule has 4 rings (SSSR count). The summed E-state index contributed by atoms with van der Waals surface area (Å²) in [4.78, 5) is 9.66. The smallest absolute Gasteiger partial charge is 0.192 e. The molecule has 0 fully saturated rings. The molecule has 2 aliphatic rings. The molecule has 0 aliphatic carbocycles. The predicted molar refractivity (Wildman–Crippen MR) is 116 cm³/mol. The van der Waals surface area contributed by atoms with Crippen molar-refractivity contribution in [2.75, 3.05) is 0 Å². The average molecular weight is 401 g/mol. The number of hydrogen-bond donors (Lipinski definition) is 2. The number of nitrogens with one attached hydrogen (secondary N) is 2. The first-order chi connectivity index (χ1) is 14.6. The maximum absolute atomic E-state index is 13.4. The SMILES string of the molecule is C=Cc1cc(F)[nH]c1/C=C/c1ccc2c(/C=C/c3[nH]c(F)cc3C=C)nnc-2cn1. The van der Waals surface area contributed by atoms with Crippen LogP contribution in [0.3, 0.4) is 0 Å². The average Bonchev–Trinajstić information content (AvgIpc) is 3.37. The largest absolute Gasteiger partial charge is 0.331 e. The lowest BCUT2D eigenvalue weighted by atomic mass is 10.1. The molecule has 2 aliphatic heterocycles. The van der Waals surface area contributed by atoms with Crippen LogP contribution >= 0.6 is 0 Å². The molecule has 0 spiro atoms. The minimum Gasteiger partial charge on any atom is -0.331 e. The summed E-state index contributed by atoms with van der Waals surface area (Å²) in [7, 11) is 0. The molecule has 0 bridgehead atoms. The van der Waals surface area contributed by atoms with Crippen molar-refractivity contribution >= 4 is 36.5 Å². The minimum atomic E-state index is -0.434. The Bertz CT molecular complexity index is 1260. The van der Waals surface area contributed by atoms with Gasteiger partial charge in [0, 0.05) is 40.2 Å². The van der Waals surface area contributed by atoms with E-state index in [0.29, 0.717) is 39.6 Å². The fraction of sp³-hybridized carbons (Fsp3) is 0.